The lowest BCUT2D eigenvalue weighted by atomic mass is 9.98. The molecule has 2 atom stereocenters. The van der Waals surface area contributed by atoms with Gasteiger partial charge in [-0.15, -0.1) is 0 Å². The predicted molar refractivity (Wildman–Crippen MR) is 94.3 cm³/mol. The van der Waals surface area contributed by atoms with E-state index >= 15 is 0 Å². The Labute approximate surface area is 140 Å². The molecule has 0 aliphatic carbocycles. The first-order chi connectivity index (χ1) is 11.0. The molecule has 0 radical (unpaired) electrons. The van der Waals surface area contributed by atoms with Crippen molar-refractivity contribution in [3.8, 4) is 11.1 Å². The molecule has 0 fully saturated rings. The smallest absolute Gasteiger partial charge is 0.306 e. The number of carbonyl (C=O) groups is 2. The summed E-state index contributed by atoms with van der Waals surface area (Å²) in [4.78, 5) is 22.6. The summed E-state index contributed by atoms with van der Waals surface area (Å²) in [5.41, 5.74) is 3.22. The lowest BCUT2D eigenvalue weighted by Gasteiger charge is -2.18. The average molecular weight is 328 g/mol. The molecule has 2 rings (SSSR count). The van der Waals surface area contributed by atoms with E-state index in [0.717, 1.165) is 16.7 Å². The van der Waals surface area contributed by atoms with E-state index in [0.29, 0.717) is 6.42 Å². The van der Waals surface area contributed by atoms with Gasteiger partial charge in [0.1, 0.15) is 0 Å². The number of aliphatic carboxylic acids is 1. The molecule has 0 spiro atoms. The fraction of sp³-hybridized carbons (Fsp3) is 0.263. The Kier molecular flexibility index (Phi) is 5.99. The summed E-state index contributed by atoms with van der Waals surface area (Å²) in [7, 11) is 0. The first kappa shape index (κ1) is 17.3. The van der Waals surface area contributed by atoms with Crippen LogP contribution < -0.4 is 0 Å². The van der Waals surface area contributed by atoms with Crippen molar-refractivity contribution < 1.29 is 14.7 Å². The van der Waals surface area contributed by atoms with Crippen LogP contribution in [0.15, 0.2) is 54.6 Å². The number of carboxylic acids is 1. The average Bonchev–Trinajstić information content (AvgIpc) is 2.54. The van der Waals surface area contributed by atoms with Crippen LogP contribution in [0.3, 0.4) is 0 Å². The van der Waals surface area contributed by atoms with E-state index in [-0.39, 0.29) is 10.4 Å². The van der Waals surface area contributed by atoms with Gasteiger partial charge in [-0.1, -0.05) is 73.3 Å². The highest BCUT2D eigenvalue weighted by molar-refractivity contribution is 8.13. The highest BCUT2D eigenvalue weighted by atomic mass is 32.2. The molecule has 4 heteroatoms. The zero-order valence-corrected chi connectivity index (χ0v) is 14.0. The van der Waals surface area contributed by atoms with E-state index in [2.05, 4.69) is 0 Å². The monoisotopic (exact) mass is 328 g/mol. The van der Waals surface area contributed by atoms with Gasteiger partial charge in [0.25, 0.3) is 0 Å². The van der Waals surface area contributed by atoms with Crippen molar-refractivity contribution in [2.45, 2.75) is 25.5 Å². The molecule has 1 N–H and O–H groups in total. The molecule has 0 heterocycles. The van der Waals surface area contributed by atoms with Crippen LogP contribution in [-0.2, 0) is 9.59 Å². The summed E-state index contributed by atoms with van der Waals surface area (Å²) in [6.45, 7) is 3.19. The van der Waals surface area contributed by atoms with Gasteiger partial charge in [0, 0.05) is 12.2 Å². The molecule has 0 amide bonds. The third kappa shape index (κ3) is 4.96. The molecular formula is C19H20O3S. The van der Waals surface area contributed by atoms with Crippen molar-refractivity contribution in [2.24, 2.45) is 5.92 Å². The summed E-state index contributed by atoms with van der Waals surface area (Å²) in [6, 6.07) is 18.1. The van der Waals surface area contributed by atoms with E-state index in [1.807, 2.05) is 54.6 Å². The Morgan fingerprint density at radius 2 is 1.57 bits per heavy atom. The molecule has 0 aromatic heterocycles. The number of hydrogen-bond acceptors (Lipinski definition) is 3. The van der Waals surface area contributed by atoms with Crippen LogP contribution in [0, 0.1) is 5.92 Å². The van der Waals surface area contributed by atoms with Crippen LogP contribution in [0.1, 0.15) is 31.1 Å². The summed E-state index contributed by atoms with van der Waals surface area (Å²) < 4.78 is 0. The largest absolute Gasteiger partial charge is 0.481 e. The van der Waals surface area contributed by atoms with Crippen molar-refractivity contribution in [3.05, 3.63) is 60.2 Å². The van der Waals surface area contributed by atoms with Crippen LogP contribution in [0.25, 0.3) is 11.1 Å². The van der Waals surface area contributed by atoms with Gasteiger partial charge in [0.2, 0.25) is 0 Å². The first-order valence-corrected chi connectivity index (χ1v) is 8.40. The number of rotatable bonds is 6. The number of thioether (sulfide) groups is 1. The van der Waals surface area contributed by atoms with Gasteiger partial charge in [-0.05, 0) is 23.1 Å². The Balaban J connectivity index is 2.21. The van der Waals surface area contributed by atoms with Crippen LogP contribution in [0.4, 0.5) is 0 Å². The van der Waals surface area contributed by atoms with E-state index in [1.165, 1.54) is 18.7 Å². The Bertz CT molecular complexity index is 665. The second-order valence-corrected chi connectivity index (χ2v) is 6.94. The van der Waals surface area contributed by atoms with Crippen molar-refractivity contribution in [2.75, 3.05) is 0 Å². The fourth-order valence-electron chi connectivity index (χ4n) is 2.40. The number of carbonyl (C=O) groups excluding carboxylic acids is 1. The fourth-order valence-corrected chi connectivity index (χ4v) is 3.47. The molecule has 120 valence electrons. The molecule has 0 aliphatic heterocycles. The third-order valence-corrected chi connectivity index (χ3v) is 4.77. The number of hydrogen-bond donors (Lipinski definition) is 1. The number of carboxylic acid groups (broad SMARTS) is 1. The topological polar surface area (TPSA) is 54.4 Å². The number of benzene rings is 2. The van der Waals surface area contributed by atoms with Gasteiger partial charge in [-0.2, -0.15) is 0 Å². The van der Waals surface area contributed by atoms with Gasteiger partial charge < -0.3 is 5.11 Å². The van der Waals surface area contributed by atoms with Crippen LogP contribution in [-0.4, -0.2) is 16.2 Å². The molecule has 0 saturated heterocycles. The zero-order valence-electron chi connectivity index (χ0n) is 13.2. The predicted octanol–water partition coefficient (Wildman–Crippen LogP) is 4.79. The molecule has 2 unspecified atom stereocenters. The van der Waals surface area contributed by atoms with Gasteiger partial charge in [-0.3, -0.25) is 9.59 Å². The normalized spacial score (nSPS) is 13.3. The molecule has 3 nitrogen and oxygen atoms in total. The van der Waals surface area contributed by atoms with Crippen molar-refractivity contribution in [3.63, 3.8) is 0 Å². The van der Waals surface area contributed by atoms with Crippen molar-refractivity contribution in [1.82, 2.24) is 0 Å². The molecule has 23 heavy (non-hydrogen) atoms. The highest BCUT2D eigenvalue weighted by Crippen LogP contribution is 2.36. The molecule has 0 bridgehead atoms. The Morgan fingerprint density at radius 1 is 1.00 bits per heavy atom. The van der Waals surface area contributed by atoms with Gasteiger partial charge in [0.15, 0.2) is 5.12 Å². The summed E-state index contributed by atoms with van der Waals surface area (Å²) >= 11 is 1.20. The maximum Gasteiger partial charge on any atom is 0.306 e. The van der Waals surface area contributed by atoms with Gasteiger partial charge in [-0.25, -0.2) is 0 Å². The lowest BCUT2D eigenvalue weighted by molar-refractivity contribution is -0.141. The second kappa shape index (κ2) is 7.97. The van der Waals surface area contributed by atoms with Crippen LogP contribution >= 0.6 is 11.8 Å². The van der Waals surface area contributed by atoms with Gasteiger partial charge in [0.05, 0.1) is 5.92 Å². The third-order valence-electron chi connectivity index (χ3n) is 3.69. The molecular weight excluding hydrogens is 308 g/mol. The van der Waals surface area contributed by atoms with E-state index < -0.39 is 11.9 Å². The minimum Gasteiger partial charge on any atom is -0.481 e. The lowest BCUT2D eigenvalue weighted by Crippen LogP contribution is -2.13. The standard InChI is InChI=1S/C19H20O3S/c1-13(19(21)22)12-18(23-14(2)20)17-10-8-16(9-11-17)15-6-4-3-5-7-15/h3-11,13,18H,12H2,1-2H3,(H,21,22). The Hall–Kier alpha value is -2.07. The van der Waals surface area contributed by atoms with Gasteiger partial charge >= 0.3 is 5.97 Å². The SMILES string of the molecule is CC(=O)SC(CC(C)C(=O)O)c1ccc(-c2ccccc2)cc1. The highest BCUT2D eigenvalue weighted by Gasteiger charge is 2.21. The molecule has 2 aromatic rings. The van der Waals surface area contributed by atoms with Crippen LogP contribution in [0.2, 0.25) is 0 Å². The summed E-state index contributed by atoms with van der Waals surface area (Å²) in [6.07, 6.45) is 0.435. The first-order valence-electron chi connectivity index (χ1n) is 7.52. The van der Waals surface area contributed by atoms with E-state index in [4.69, 9.17) is 5.11 Å². The van der Waals surface area contributed by atoms with Crippen molar-refractivity contribution in [1.29, 1.82) is 0 Å². The summed E-state index contributed by atoms with van der Waals surface area (Å²) in [5, 5.41) is 8.97. The molecule has 2 aromatic carbocycles. The van der Waals surface area contributed by atoms with Crippen LogP contribution in [0.5, 0.6) is 0 Å². The maximum atomic E-state index is 11.5. The van der Waals surface area contributed by atoms with E-state index in [1.54, 1.807) is 6.92 Å². The zero-order chi connectivity index (χ0) is 16.8. The maximum absolute atomic E-state index is 11.5. The minimum absolute atomic E-state index is 0.000255. The molecule has 0 saturated carbocycles. The quantitative estimate of drug-likeness (QED) is 0.828. The van der Waals surface area contributed by atoms with E-state index in [9.17, 15) is 9.59 Å². The minimum atomic E-state index is -0.833. The summed E-state index contributed by atoms with van der Waals surface area (Å²) in [5.74, 6) is -1.32. The second-order valence-electron chi connectivity index (χ2n) is 5.56. The Morgan fingerprint density at radius 3 is 2.09 bits per heavy atom. The molecule has 0 aliphatic rings. The van der Waals surface area contributed by atoms with Crippen molar-refractivity contribution >= 4 is 22.8 Å².